The highest BCUT2D eigenvalue weighted by atomic mass is 16.5. The lowest BCUT2D eigenvalue weighted by Crippen LogP contribution is -2.48. The van der Waals surface area contributed by atoms with Crippen LogP contribution in [0.1, 0.15) is 37.3 Å². The molecule has 2 unspecified atom stereocenters. The maximum absolute atomic E-state index is 5.98. The maximum atomic E-state index is 5.98. The molecule has 0 aliphatic carbocycles. The van der Waals surface area contributed by atoms with Gasteiger partial charge >= 0.3 is 0 Å². The zero-order chi connectivity index (χ0) is 15.2. The molecule has 1 fully saturated rings. The molecule has 1 heterocycles. The molecule has 0 bridgehead atoms. The second-order valence-corrected chi connectivity index (χ2v) is 6.34. The Balaban J connectivity index is 1.83. The van der Waals surface area contributed by atoms with Crippen molar-refractivity contribution in [3.05, 3.63) is 29.3 Å². The fraction of sp³-hybridized carbons (Fsp3) is 0.667. The Morgan fingerprint density at radius 2 is 2.14 bits per heavy atom. The van der Waals surface area contributed by atoms with Crippen LogP contribution in [0.5, 0.6) is 5.75 Å². The van der Waals surface area contributed by atoms with Gasteiger partial charge in [0.1, 0.15) is 12.4 Å². The Morgan fingerprint density at radius 3 is 2.86 bits per heavy atom. The molecule has 0 spiro atoms. The number of nitrogens with two attached hydrogens (primary N) is 1. The van der Waals surface area contributed by atoms with Gasteiger partial charge in [-0.2, -0.15) is 0 Å². The smallest absolute Gasteiger partial charge is 0.122 e. The standard InChI is InChI=1S/C18H30N2O/c1-4-16-7-8-20(17(12-16)13-19)9-10-21-18-11-14(2)5-6-15(18)3/h5-6,11,16-17H,4,7-10,12-13,19H2,1-3H3. The third-order valence-corrected chi connectivity index (χ3v) is 4.78. The van der Waals surface area contributed by atoms with E-state index in [4.69, 9.17) is 10.5 Å². The highest BCUT2D eigenvalue weighted by Gasteiger charge is 2.26. The number of rotatable bonds is 6. The van der Waals surface area contributed by atoms with Crippen LogP contribution in [0.2, 0.25) is 0 Å². The maximum Gasteiger partial charge on any atom is 0.122 e. The summed E-state index contributed by atoms with van der Waals surface area (Å²) in [7, 11) is 0. The molecule has 0 amide bonds. The highest BCUT2D eigenvalue weighted by molar-refractivity contribution is 5.35. The van der Waals surface area contributed by atoms with E-state index in [0.29, 0.717) is 6.04 Å². The number of piperidine rings is 1. The van der Waals surface area contributed by atoms with Crippen molar-refractivity contribution < 1.29 is 4.74 Å². The van der Waals surface area contributed by atoms with Gasteiger partial charge in [0, 0.05) is 19.1 Å². The third kappa shape index (κ3) is 4.45. The highest BCUT2D eigenvalue weighted by Crippen LogP contribution is 2.25. The third-order valence-electron chi connectivity index (χ3n) is 4.78. The lowest BCUT2D eigenvalue weighted by Gasteiger charge is -2.38. The lowest BCUT2D eigenvalue weighted by molar-refractivity contribution is 0.0968. The number of ether oxygens (including phenoxy) is 1. The molecule has 0 aromatic heterocycles. The van der Waals surface area contributed by atoms with Crippen molar-refractivity contribution in [2.75, 3.05) is 26.2 Å². The topological polar surface area (TPSA) is 38.5 Å². The van der Waals surface area contributed by atoms with Gasteiger partial charge < -0.3 is 10.5 Å². The summed E-state index contributed by atoms with van der Waals surface area (Å²) in [6.45, 7) is 10.1. The Bertz CT molecular complexity index is 447. The van der Waals surface area contributed by atoms with E-state index in [0.717, 1.165) is 37.9 Å². The summed E-state index contributed by atoms with van der Waals surface area (Å²) < 4.78 is 5.98. The van der Waals surface area contributed by atoms with Crippen LogP contribution >= 0.6 is 0 Å². The van der Waals surface area contributed by atoms with Crippen molar-refractivity contribution in [3.8, 4) is 5.75 Å². The van der Waals surface area contributed by atoms with Crippen molar-refractivity contribution in [1.29, 1.82) is 0 Å². The minimum Gasteiger partial charge on any atom is -0.492 e. The molecule has 2 N–H and O–H groups in total. The van der Waals surface area contributed by atoms with Gasteiger partial charge in [0.2, 0.25) is 0 Å². The average molecular weight is 290 g/mol. The quantitative estimate of drug-likeness (QED) is 0.875. The summed E-state index contributed by atoms with van der Waals surface area (Å²) in [6.07, 6.45) is 3.83. The van der Waals surface area contributed by atoms with E-state index >= 15 is 0 Å². The molecule has 1 aromatic carbocycles. The van der Waals surface area contributed by atoms with Crippen molar-refractivity contribution in [3.63, 3.8) is 0 Å². The Kier molecular flexibility index (Phi) is 6.07. The summed E-state index contributed by atoms with van der Waals surface area (Å²) in [5.74, 6) is 1.87. The van der Waals surface area contributed by atoms with Crippen molar-refractivity contribution in [2.24, 2.45) is 11.7 Å². The van der Waals surface area contributed by atoms with Crippen LogP contribution in [0.3, 0.4) is 0 Å². The van der Waals surface area contributed by atoms with E-state index in [1.54, 1.807) is 0 Å². The number of benzene rings is 1. The molecule has 2 rings (SSSR count). The fourth-order valence-corrected chi connectivity index (χ4v) is 3.23. The zero-order valence-electron chi connectivity index (χ0n) is 13.8. The van der Waals surface area contributed by atoms with Gasteiger partial charge in [-0.1, -0.05) is 25.5 Å². The summed E-state index contributed by atoms with van der Waals surface area (Å²) in [6, 6.07) is 6.91. The van der Waals surface area contributed by atoms with E-state index in [9.17, 15) is 0 Å². The summed E-state index contributed by atoms with van der Waals surface area (Å²) >= 11 is 0. The van der Waals surface area contributed by atoms with Crippen LogP contribution in [-0.2, 0) is 0 Å². The molecule has 118 valence electrons. The normalized spacial score (nSPS) is 23.2. The van der Waals surface area contributed by atoms with Crippen molar-refractivity contribution in [2.45, 2.75) is 46.1 Å². The largest absolute Gasteiger partial charge is 0.492 e. The van der Waals surface area contributed by atoms with Crippen LogP contribution in [-0.4, -0.2) is 37.2 Å². The van der Waals surface area contributed by atoms with Crippen LogP contribution in [0.4, 0.5) is 0 Å². The monoisotopic (exact) mass is 290 g/mol. The first-order valence-corrected chi connectivity index (χ1v) is 8.28. The van der Waals surface area contributed by atoms with Crippen molar-refractivity contribution in [1.82, 2.24) is 4.90 Å². The predicted octanol–water partition coefficient (Wildman–Crippen LogP) is 3.13. The molecular formula is C18H30N2O. The average Bonchev–Trinajstić information content (AvgIpc) is 2.50. The minimum atomic E-state index is 0.533. The van der Waals surface area contributed by atoms with Gasteiger partial charge in [-0.3, -0.25) is 4.90 Å². The van der Waals surface area contributed by atoms with E-state index in [1.165, 1.54) is 30.4 Å². The van der Waals surface area contributed by atoms with Crippen LogP contribution in [0.25, 0.3) is 0 Å². The Hall–Kier alpha value is -1.06. The predicted molar refractivity (Wildman–Crippen MR) is 88.8 cm³/mol. The van der Waals surface area contributed by atoms with E-state index < -0.39 is 0 Å². The molecule has 21 heavy (non-hydrogen) atoms. The van der Waals surface area contributed by atoms with E-state index in [-0.39, 0.29) is 0 Å². The zero-order valence-corrected chi connectivity index (χ0v) is 13.8. The molecule has 1 aliphatic heterocycles. The minimum absolute atomic E-state index is 0.533. The van der Waals surface area contributed by atoms with Crippen LogP contribution in [0.15, 0.2) is 18.2 Å². The summed E-state index contributed by atoms with van der Waals surface area (Å²) in [5, 5.41) is 0. The van der Waals surface area contributed by atoms with Gasteiger partial charge in [-0.15, -0.1) is 0 Å². The Morgan fingerprint density at radius 1 is 1.33 bits per heavy atom. The first-order valence-electron chi connectivity index (χ1n) is 8.28. The molecule has 1 aromatic rings. The van der Waals surface area contributed by atoms with Gasteiger partial charge in [0.15, 0.2) is 0 Å². The van der Waals surface area contributed by atoms with Gasteiger partial charge in [0.25, 0.3) is 0 Å². The molecule has 3 heteroatoms. The summed E-state index contributed by atoms with van der Waals surface area (Å²) in [4.78, 5) is 2.51. The van der Waals surface area contributed by atoms with Crippen LogP contribution in [0, 0.1) is 19.8 Å². The number of aryl methyl sites for hydroxylation is 2. The van der Waals surface area contributed by atoms with Gasteiger partial charge in [0.05, 0.1) is 0 Å². The van der Waals surface area contributed by atoms with Crippen molar-refractivity contribution >= 4 is 0 Å². The molecule has 0 radical (unpaired) electrons. The molecular weight excluding hydrogens is 260 g/mol. The number of nitrogens with zero attached hydrogens (tertiary/aromatic N) is 1. The molecule has 3 nitrogen and oxygen atoms in total. The second-order valence-electron chi connectivity index (χ2n) is 6.34. The first kappa shape index (κ1) is 16.3. The fourth-order valence-electron chi connectivity index (χ4n) is 3.23. The van der Waals surface area contributed by atoms with E-state index in [1.807, 2.05) is 0 Å². The molecule has 1 saturated heterocycles. The molecule has 1 aliphatic rings. The number of hydrogen-bond donors (Lipinski definition) is 1. The number of likely N-dealkylation sites (tertiary alicyclic amines) is 1. The first-order chi connectivity index (χ1) is 10.1. The van der Waals surface area contributed by atoms with Crippen LogP contribution < -0.4 is 10.5 Å². The Labute approximate surface area is 129 Å². The van der Waals surface area contributed by atoms with Gasteiger partial charge in [-0.25, -0.2) is 0 Å². The SMILES string of the molecule is CCC1CCN(CCOc2cc(C)ccc2C)C(CN)C1. The lowest BCUT2D eigenvalue weighted by atomic mass is 9.89. The molecule has 0 saturated carbocycles. The second kappa shape index (κ2) is 7.81. The molecule has 2 atom stereocenters. The van der Waals surface area contributed by atoms with E-state index in [2.05, 4.69) is 43.9 Å². The summed E-state index contributed by atoms with van der Waals surface area (Å²) in [5.41, 5.74) is 8.41. The number of hydrogen-bond acceptors (Lipinski definition) is 3. The van der Waals surface area contributed by atoms with Gasteiger partial charge in [-0.05, 0) is 56.3 Å².